The van der Waals surface area contributed by atoms with Gasteiger partial charge in [-0.15, -0.1) is 11.3 Å². The number of nitrogens with zero attached hydrogens (tertiary/aromatic N) is 4. The van der Waals surface area contributed by atoms with E-state index < -0.39 is 46.8 Å². The van der Waals surface area contributed by atoms with Crippen molar-refractivity contribution in [1.29, 1.82) is 0 Å². The first-order chi connectivity index (χ1) is 31.7. The molecule has 4 amide bonds. The lowest BCUT2D eigenvalue weighted by atomic mass is 9.51. The molecule has 4 heterocycles. The molecule has 0 bridgehead atoms. The zero-order valence-electron chi connectivity index (χ0n) is 36.8. The van der Waals surface area contributed by atoms with Gasteiger partial charge in [0, 0.05) is 34.3 Å². The second-order valence-corrected chi connectivity index (χ2v) is 20.1. The van der Waals surface area contributed by atoms with Crippen molar-refractivity contribution in [2.24, 2.45) is 36.1 Å². The molecular formula is C51H44ClIN4O8S. The average Bonchev–Trinajstić information content (AvgIpc) is 3.99. The third-order valence-corrected chi connectivity index (χ3v) is 16.5. The largest absolute Gasteiger partial charge is 0.504 e. The van der Waals surface area contributed by atoms with Crippen molar-refractivity contribution in [2.75, 3.05) is 31.1 Å². The van der Waals surface area contributed by atoms with Gasteiger partial charge in [-0.05, 0) is 138 Å². The number of rotatable bonds is 9. The van der Waals surface area contributed by atoms with E-state index in [9.17, 15) is 14.7 Å². The van der Waals surface area contributed by atoms with Gasteiger partial charge < -0.3 is 19.3 Å². The predicted molar refractivity (Wildman–Crippen MR) is 263 cm³/mol. The summed E-state index contributed by atoms with van der Waals surface area (Å²) >= 11 is 9.96. The average molecular weight is 1040 g/mol. The number of anilines is 2. The van der Waals surface area contributed by atoms with Gasteiger partial charge in [0.05, 0.1) is 58.6 Å². The Bertz CT molecular complexity index is 3120. The molecule has 2 aliphatic carbocycles. The Morgan fingerprint density at radius 1 is 0.864 bits per heavy atom. The van der Waals surface area contributed by atoms with Crippen molar-refractivity contribution < 1.29 is 38.5 Å². The quantitative estimate of drug-likeness (QED) is 0.0649. The van der Waals surface area contributed by atoms with Gasteiger partial charge in [0.15, 0.2) is 11.5 Å². The van der Waals surface area contributed by atoms with Crippen LogP contribution < -0.4 is 24.0 Å². The number of allylic oxidation sites excluding steroid dienone is 2. The van der Waals surface area contributed by atoms with Crippen LogP contribution in [0.1, 0.15) is 47.9 Å². The van der Waals surface area contributed by atoms with Gasteiger partial charge in [-0.1, -0.05) is 47.5 Å². The van der Waals surface area contributed by atoms with Crippen molar-refractivity contribution in [3.63, 3.8) is 0 Å². The van der Waals surface area contributed by atoms with Crippen LogP contribution in [0.25, 0.3) is 32.8 Å². The highest BCUT2D eigenvalue weighted by atomic mass is 127. The lowest BCUT2D eigenvalue weighted by molar-refractivity contribution is -0.131. The Balaban J connectivity index is 1.01. The third kappa shape index (κ3) is 6.68. The van der Waals surface area contributed by atoms with E-state index in [1.165, 1.54) is 16.9 Å². The molecule has 4 aromatic carbocycles. The topological polar surface area (TPSA) is 140 Å². The summed E-state index contributed by atoms with van der Waals surface area (Å²) in [5, 5.41) is 17.4. The number of hydrogen-bond acceptors (Lipinski definition) is 10. The van der Waals surface area contributed by atoms with Crippen LogP contribution in [0.15, 0.2) is 90.5 Å². The maximum Gasteiger partial charge on any atom is 0.242 e. The number of ether oxygens (including phenoxy) is 3. The van der Waals surface area contributed by atoms with E-state index in [2.05, 4.69) is 0 Å². The molecule has 10 rings (SSSR count). The maximum atomic E-state index is 15.4. The van der Waals surface area contributed by atoms with E-state index in [0.29, 0.717) is 42.9 Å². The molecule has 6 aromatic rings. The number of benzene rings is 4. The van der Waals surface area contributed by atoms with Crippen molar-refractivity contribution in [1.82, 2.24) is 9.78 Å². The van der Waals surface area contributed by atoms with Crippen LogP contribution in [-0.2, 0) is 26.2 Å². The van der Waals surface area contributed by atoms with Crippen molar-refractivity contribution in [3.8, 4) is 33.6 Å². The first kappa shape index (κ1) is 43.9. The summed E-state index contributed by atoms with van der Waals surface area (Å²) in [5.74, 6) is -3.10. The third-order valence-electron chi connectivity index (χ3n) is 14.1. The number of aromatic nitrogens is 2. The number of aryl methyl sites for hydroxylation is 2. The highest BCUT2D eigenvalue weighted by Gasteiger charge is 2.68. The molecule has 0 spiro atoms. The summed E-state index contributed by atoms with van der Waals surface area (Å²) in [4.78, 5) is 63.3. The Kier molecular flexibility index (Phi) is 10.9. The van der Waals surface area contributed by atoms with Crippen LogP contribution in [0.2, 0.25) is 5.02 Å². The molecule has 15 heteroatoms. The SMILES string of the molecule is COc1ccc(OC)c(C=Cc2ccc(N3C(=O)[C@H]4[C@H](CC=C5[C@H]4C[C@H]4C(=O)N(c6cc(-c7sc8ccc(Cl)cc8c7C)nn6C)C(=O)[C@@]4(C)[C@H]5c4cc(I)c(O)c(OC)c4)C3=O)cc2)c1. The van der Waals surface area contributed by atoms with E-state index in [1.807, 2.05) is 109 Å². The molecule has 2 aromatic heterocycles. The smallest absolute Gasteiger partial charge is 0.242 e. The number of fused-ring (bicyclic) bond motifs is 5. The summed E-state index contributed by atoms with van der Waals surface area (Å²) in [6, 6.07) is 23.8. The molecule has 2 aliphatic heterocycles. The van der Waals surface area contributed by atoms with Gasteiger partial charge in [-0.2, -0.15) is 5.10 Å². The molecule has 6 atom stereocenters. The van der Waals surface area contributed by atoms with Gasteiger partial charge in [0.1, 0.15) is 23.0 Å². The summed E-state index contributed by atoms with van der Waals surface area (Å²) < 4.78 is 19.7. The van der Waals surface area contributed by atoms with Crippen LogP contribution in [0.5, 0.6) is 23.0 Å². The number of amides is 4. The predicted octanol–water partition coefficient (Wildman–Crippen LogP) is 10.2. The van der Waals surface area contributed by atoms with Crippen molar-refractivity contribution in [2.45, 2.75) is 32.6 Å². The highest BCUT2D eigenvalue weighted by molar-refractivity contribution is 14.1. The fraction of sp³-hybridized carbons (Fsp3) is 0.275. The first-order valence-corrected chi connectivity index (χ1v) is 23.7. The minimum Gasteiger partial charge on any atom is -0.504 e. The van der Waals surface area contributed by atoms with Crippen molar-refractivity contribution in [3.05, 3.63) is 121 Å². The number of carbonyl (C=O) groups excluding carboxylic acids is 4. The minimum absolute atomic E-state index is 0.0426. The van der Waals surface area contributed by atoms with Gasteiger partial charge in [0.25, 0.3) is 0 Å². The summed E-state index contributed by atoms with van der Waals surface area (Å²) in [5.41, 5.74) is 3.89. The van der Waals surface area contributed by atoms with Crippen LogP contribution in [0.3, 0.4) is 0 Å². The van der Waals surface area contributed by atoms with Gasteiger partial charge in [-0.3, -0.25) is 28.8 Å². The highest BCUT2D eigenvalue weighted by Crippen LogP contribution is 2.64. The summed E-state index contributed by atoms with van der Waals surface area (Å²) in [6.45, 7) is 3.84. The van der Waals surface area contributed by atoms with Crippen LogP contribution in [0.4, 0.5) is 11.5 Å². The number of halogens is 2. The fourth-order valence-electron chi connectivity index (χ4n) is 10.9. The Morgan fingerprint density at radius 3 is 2.35 bits per heavy atom. The first-order valence-electron chi connectivity index (χ1n) is 21.4. The normalized spacial score (nSPS) is 23.7. The number of aromatic hydroxyl groups is 1. The van der Waals surface area contributed by atoms with Gasteiger partial charge in [0.2, 0.25) is 23.6 Å². The lowest BCUT2D eigenvalue weighted by Crippen LogP contribution is -2.49. The Morgan fingerprint density at radius 2 is 1.62 bits per heavy atom. The summed E-state index contributed by atoms with van der Waals surface area (Å²) in [7, 11) is 6.39. The monoisotopic (exact) mass is 1030 g/mol. The number of carbonyl (C=O) groups is 4. The lowest BCUT2D eigenvalue weighted by Gasteiger charge is -2.49. The van der Waals surface area contributed by atoms with Crippen LogP contribution in [-0.4, -0.2) is 59.8 Å². The number of phenols is 1. The van der Waals surface area contributed by atoms with Gasteiger partial charge >= 0.3 is 0 Å². The maximum absolute atomic E-state index is 15.4. The van der Waals surface area contributed by atoms with Crippen molar-refractivity contribution >= 4 is 103 Å². The molecule has 1 saturated carbocycles. The molecule has 3 fully saturated rings. The second-order valence-electron chi connectivity index (χ2n) is 17.5. The molecule has 0 unspecified atom stereocenters. The molecular weight excluding hydrogens is 991 g/mol. The zero-order chi connectivity index (χ0) is 46.5. The fourth-order valence-corrected chi connectivity index (χ4v) is 12.8. The number of thiophene rings is 1. The molecule has 1 N–H and O–H groups in total. The molecule has 4 aliphatic rings. The number of methoxy groups -OCH3 is 3. The van der Waals surface area contributed by atoms with E-state index in [-0.39, 0.29) is 36.2 Å². The Labute approximate surface area is 403 Å². The molecule has 12 nitrogen and oxygen atoms in total. The van der Waals surface area contributed by atoms with E-state index in [1.54, 1.807) is 61.6 Å². The minimum atomic E-state index is -1.32. The second kappa shape index (κ2) is 16.4. The van der Waals surface area contributed by atoms with Gasteiger partial charge in [-0.25, -0.2) is 4.90 Å². The molecule has 2 saturated heterocycles. The van der Waals surface area contributed by atoms with Crippen LogP contribution >= 0.6 is 45.5 Å². The molecule has 336 valence electrons. The van der Waals surface area contributed by atoms with E-state index in [0.717, 1.165) is 37.2 Å². The number of hydrogen-bond donors (Lipinski definition) is 1. The summed E-state index contributed by atoms with van der Waals surface area (Å²) in [6.07, 6.45) is 6.30. The zero-order valence-corrected chi connectivity index (χ0v) is 40.5. The standard InChI is InChI=1S/C51H44ClIN4O8S/c1-25-34-22-29(52)11-18-41(34)66-46(25)38-24-42(55(3)54-38)57-48(60)36-23-35-32(44(51(36,2)50(57)62)28-20-37(53)45(58)40(21-28)65-6)15-16-33-43(35)49(61)56(47(33)59)30-12-8-26(9-13-30)7-10-27-19-31(63-4)14-17-39(27)64-5/h7-15,17-22,24,33,35-36,43-44,58H,16,23H2,1-6H3/t33-,35+,36-,43-,44-,51+/m0/s1. The number of imide groups is 2. The number of phenolic OH excluding ortho intramolecular Hbond substituents is 1. The molecule has 0 radical (unpaired) electrons. The molecule has 66 heavy (non-hydrogen) atoms. The van der Waals surface area contributed by atoms with Crippen LogP contribution in [0, 0.1) is 39.6 Å². The Hall–Kier alpha value is -5.97. The van der Waals surface area contributed by atoms with E-state index in [4.69, 9.17) is 30.9 Å². The van der Waals surface area contributed by atoms with E-state index >= 15 is 9.59 Å².